The van der Waals surface area contributed by atoms with Gasteiger partial charge >= 0.3 is 0 Å². The van der Waals surface area contributed by atoms with Crippen LogP contribution >= 0.6 is 12.4 Å². The number of hydrogen-bond acceptors (Lipinski definition) is 5. The average molecular weight is 395 g/mol. The lowest BCUT2D eigenvalue weighted by atomic mass is 10.1. The lowest BCUT2D eigenvalue weighted by Crippen LogP contribution is -2.49. The van der Waals surface area contributed by atoms with Crippen LogP contribution in [0.3, 0.4) is 0 Å². The van der Waals surface area contributed by atoms with Crippen molar-refractivity contribution in [2.75, 3.05) is 39.3 Å². The number of halogens is 2. The molecule has 2 aromatic rings. The number of pyridine rings is 1. The van der Waals surface area contributed by atoms with Gasteiger partial charge in [0.15, 0.2) is 0 Å². The molecule has 3 rings (SSSR count). The van der Waals surface area contributed by atoms with Gasteiger partial charge in [0.1, 0.15) is 18.2 Å². The molecule has 1 saturated heterocycles. The van der Waals surface area contributed by atoms with Crippen molar-refractivity contribution < 1.29 is 13.9 Å². The van der Waals surface area contributed by atoms with E-state index in [0.717, 1.165) is 25.2 Å². The molecule has 146 valence electrons. The van der Waals surface area contributed by atoms with Gasteiger partial charge in [-0.15, -0.1) is 12.4 Å². The van der Waals surface area contributed by atoms with Crippen LogP contribution in [-0.2, 0) is 4.79 Å². The van der Waals surface area contributed by atoms with E-state index in [1.165, 1.54) is 12.1 Å². The number of ether oxygens (including phenoxy) is 1. The van der Waals surface area contributed by atoms with Gasteiger partial charge in [-0.3, -0.25) is 14.7 Å². The number of carbonyl (C=O) groups excluding carboxylic acids is 1. The maximum atomic E-state index is 12.8. The molecule has 1 fully saturated rings. The summed E-state index contributed by atoms with van der Waals surface area (Å²) in [7, 11) is 0. The molecule has 1 aliphatic heterocycles. The molecule has 0 saturated carbocycles. The van der Waals surface area contributed by atoms with E-state index in [4.69, 9.17) is 4.74 Å². The van der Waals surface area contributed by atoms with Crippen LogP contribution in [0.2, 0.25) is 0 Å². The molecule has 1 aromatic heterocycles. The van der Waals surface area contributed by atoms with E-state index < -0.39 is 0 Å². The Bertz CT molecular complexity index is 703. The van der Waals surface area contributed by atoms with Gasteiger partial charge < -0.3 is 15.4 Å². The van der Waals surface area contributed by atoms with Crippen LogP contribution in [0.5, 0.6) is 5.75 Å². The zero-order chi connectivity index (χ0) is 18.2. The molecule has 1 unspecified atom stereocenters. The van der Waals surface area contributed by atoms with E-state index in [-0.39, 0.29) is 30.2 Å². The maximum absolute atomic E-state index is 12.8. The van der Waals surface area contributed by atoms with Crippen LogP contribution < -0.4 is 15.4 Å². The van der Waals surface area contributed by atoms with Crippen molar-refractivity contribution in [2.45, 2.75) is 6.04 Å². The molecule has 8 heteroatoms. The Morgan fingerprint density at radius 3 is 2.89 bits per heavy atom. The fraction of sp³-hybridized carbons (Fsp3) is 0.368. The Kier molecular flexibility index (Phi) is 8.44. The molecule has 2 N–H and O–H groups in total. The minimum atomic E-state index is -0.301. The lowest BCUT2D eigenvalue weighted by Gasteiger charge is -2.35. The first-order valence-electron chi connectivity index (χ1n) is 8.72. The number of piperazine rings is 1. The van der Waals surface area contributed by atoms with E-state index in [1.807, 2.05) is 18.3 Å². The van der Waals surface area contributed by atoms with E-state index in [9.17, 15) is 9.18 Å². The molecule has 0 bridgehead atoms. The first-order chi connectivity index (χ1) is 12.7. The van der Waals surface area contributed by atoms with E-state index >= 15 is 0 Å². The van der Waals surface area contributed by atoms with Crippen molar-refractivity contribution >= 4 is 18.3 Å². The standard InChI is InChI=1S/C19H23FN4O2.ClH/c20-16-3-5-17(6-4-16)26-11-9-23-19(25)14-24-10-8-22-13-18(24)15-2-1-7-21-12-15;/h1-7,12,18,22H,8-11,13-14H2,(H,23,25);1H. The summed E-state index contributed by atoms with van der Waals surface area (Å²) in [6, 6.07) is 9.90. The number of nitrogens with one attached hydrogen (secondary N) is 2. The number of rotatable bonds is 7. The summed E-state index contributed by atoms with van der Waals surface area (Å²) in [6.45, 7) is 3.53. The Labute approximate surface area is 164 Å². The number of aromatic nitrogens is 1. The molecule has 1 aromatic carbocycles. The molecule has 27 heavy (non-hydrogen) atoms. The van der Waals surface area contributed by atoms with Gasteiger partial charge in [0.2, 0.25) is 5.91 Å². The van der Waals surface area contributed by atoms with Gasteiger partial charge in [0, 0.05) is 38.1 Å². The molecule has 1 aliphatic rings. The van der Waals surface area contributed by atoms with Gasteiger partial charge in [-0.05, 0) is 35.9 Å². The molecule has 1 amide bonds. The normalized spacial score (nSPS) is 17.0. The number of benzene rings is 1. The van der Waals surface area contributed by atoms with E-state index in [1.54, 1.807) is 18.3 Å². The second kappa shape index (κ2) is 10.8. The maximum Gasteiger partial charge on any atom is 0.234 e. The van der Waals surface area contributed by atoms with E-state index in [0.29, 0.717) is 25.4 Å². The molecule has 0 radical (unpaired) electrons. The topological polar surface area (TPSA) is 66.5 Å². The third-order valence-electron chi connectivity index (χ3n) is 4.28. The van der Waals surface area contributed by atoms with Gasteiger partial charge in [0.25, 0.3) is 0 Å². The molecule has 2 heterocycles. The number of nitrogens with zero attached hydrogens (tertiary/aromatic N) is 2. The highest BCUT2D eigenvalue weighted by Gasteiger charge is 2.25. The zero-order valence-electron chi connectivity index (χ0n) is 14.9. The zero-order valence-corrected chi connectivity index (χ0v) is 15.8. The summed E-state index contributed by atoms with van der Waals surface area (Å²) in [4.78, 5) is 18.6. The summed E-state index contributed by atoms with van der Waals surface area (Å²) in [5, 5.41) is 6.23. The Morgan fingerprint density at radius 2 is 2.15 bits per heavy atom. The van der Waals surface area contributed by atoms with Crippen molar-refractivity contribution in [1.82, 2.24) is 20.5 Å². The van der Waals surface area contributed by atoms with Crippen LogP contribution in [0.1, 0.15) is 11.6 Å². The monoisotopic (exact) mass is 394 g/mol. The Balaban J connectivity index is 0.00000261. The summed E-state index contributed by atoms with van der Waals surface area (Å²) >= 11 is 0. The molecule has 6 nitrogen and oxygen atoms in total. The SMILES string of the molecule is Cl.O=C(CN1CCNCC1c1cccnc1)NCCOc1ccc(F)cc1. The second-order valence-corrected chi connectivity index (χ2v) is 6.13. The summed E-state index contributed by atoms with van der Waals surface area (Å²) in [6.07, 6.45) is 3.59. The number of amides is 1. The average Bonchev–Trinajstić information content (AvgIpc) is 2.68. The largest absolute Gasteiger partial charge is 0.492 e. The first kappa shape index (κ1) is 21.1. The van der Waals surface area contributed by atoms with Crippen molar-refractivity contribution in [3.05, 3.63) is 60.2 Å². The fourth-order valence-electron chi connectivity index (χ4n) is 2.97. The van der Waals surface area contributed by atoms with Crippen molar-refractivity contribution in [3.63, 3.8) is 0 Å². The molecular formula is C19H24ClFN4O2. The predicted molar refractivity (Wildman–Crippen MR) is 104 cm³/mol. The first-order valence-corrected chi connectivity index (χ1v) is 8.72. The van der Waals surface area contributed by atoms with Crippen LogP contribution in [0.15, 0.2) is 48.8 Å². The molecule has 0 spiro atoms. The highest BCUT2D eigenvalue weighted by Crippen LogP contribution is 2.20. The summed E-state index contributed by atoms with van der Waals surface area (Å²) in [5.41, 5.74) is 1.10. The minimum Gasteiger partial charge on any atom is -0.492 e. The highest BCUT2D eigenvalue weighted by atomic mass is 35.5. The van der Waals surface area contributed by atoms with Gasteiger partial charge in [-0.2, -0.15) is 0 Å². The Morgan fingerprint density at radius 1 is 1.33 bits per heavy atom. The predicted octanol–water partition coefficient (Wildman–Crippen LogP) is 1.78. The van der Waals surface area contributed by atoms with E-state index in [2.05, 4.69) is 20.5 Å². The smallest absolute Gasteiger partial charge is 0.234 e. The molecule has 1 atom stereocenters. The molecular weight excluding hydrogens is 371 g/mol. The number of carbonyl (C=O) groups is 1. The quantitative estimate of drug-likeness (QED) is 0.701. The minimum absolute atomic E-state index is 0. The molecule has 0 aliphatic carbocycles. The Hall–Kier alpha value is -2.22. The lowest BCUT2D eigenvalue weighted by molar-refractivity contribution is -0.123. The third kappa shape index (κ3) is 6.46. The highest BCUT2D eigenvalue weighted by molar-refractivity contribution is 5.85. The third-order valence-corrected chi connectivity index (χ3v) is 4.28. The van der Waals surface area contributed by atoms with Crippen molar-refractivity contribution in [1.29, 1.82) is 0 Å². The van der Waals surface area contributed by atoms with Crippen LogP contribution in [-0.4, -0.2) is 55.1 Å². The summed E-state index contributed by atoms with van der Waals surface area (Å²) in [5.74, 6) is 0.243. The van der Waals surface area contributed by atoms with Crippen LogP contribution in [0, 0.1) is 5.82 Å². The second-order valence-electron chi connectivity index (χ2n) is 6.13. The van der Waals surface area contributed by atoms with Crippen molar-refractivity contribution in [3.8, 4) is 5.75 Å². The van der Waals surface area contributed by atoms with Crippen molar-refractivity contribution in [2.24, 2.45) is 0 Å². The van der Waals surface area contributed by atoms with Gasteiger partial charge in [0.05, 0.1) is 13.1 Å². The fourth-order valence-corrected chi connectivity index (χ4v) is 2.97. The van der Waals surface area contributed by atoms with Crippen LogP contribution in [0.4, 0.5) is 4.39 Å². The van der Waals surface area contributed by atoms with Gasteiger partial charge in [-0.1, -0.05) is 6.07 Å². The summed E-state index contributed by atoms with van der Waals surface area (Å²) < 4.78 is 18.3. The van der Waals surface area contributed by atoms with Crippen LogP contribution in [0.25, 0.3) is 0 Å². The van der Waals surface area contributed by atoms with Gasteiger partial charge in [-0.25, -0.2) is 4.39 Å². The number of hydrogen-bond donors (Lipinski definition) is 2.